The molecule has 1 aliphatic carbocycles. The maximum absolute atomic E-state index is 12.1. The minimum Gasteiger partial charge on any atom is -0.493 e. The van der Waals surface area contributed by atoms with Crippen molar-refractivity contribution in [3.05, 3.63) is 23.3 Å². The van der Waals surface area contributed by atoms with Crippen LogP contribution in [-0.2, 0) is 21.6 Å². The smallest absolute Gasteiger partial charge is 0.314 e. The summed E-state index contributed by atoms with van der Waals surface area (Å²) in [7, 11) is 4.73. The molecule has 0 unspecified atom stereocenters. The molecular formula is C17H24O5. The lowest BCUT2D eigenvalue weighted by atomic mass is 9.68. The van der Waals surface area contributed by atoms with Gasteiger partial charge in [0, 0.05) is 12.7 Å². The van der Waals surface area contributed by atoms with Gasteiger partial charge < -0.3 is 19.3 Å². The van der Waals surface area contributed by atoms with E-state index in [2.05, 4.69) is 0 Å². The Kier molecular flexibility index (Phi) is 5.29. The summed E-state index contributed by atoms with van der Waals surface area (Å²) in [5, 5.41) is 9.92. The molecular weight excluding hydrogens is 284 g/mol. The van der Waals surface area contributed by atoms with Crippen LogP contribution in [0, 0.1) is 0 Å². The second kappa shape index (κ2) is 7.01. The lowest BCUT2D eigenvalue weighted by Crippen LogP contribution is -2.38. The Morgan fingerprint density at radius 2 is 1.82 bits per heavy atom. The summed E-state index contributed by atoms with van der Waals surface area (Å²) in [6.07, 6.45) is 4.14. The Hall–Kier alpha value is -1.75. The zero-order valence-electron chi connectivity index (χ0n) is 13.5. The van der Waals surface area contributed by atoms with E-state index in [0.717, 1.165) is 24.8 Å². The molecule has 0 atom stereocenters. The zero-order chi connectivity index (χ0) is 16.2. The van der Waals surface area contributed by atoms with E-state index in [-0.39, 0.29) is 0 Å². The summed E-state index contributed by atoms with van der Waals surface area (Å²) in [5.41, 5.74) is 0.690. The van der Waals surface area contributed by atoms with E-state index in [1.165, 1.54) is 0 Å². The highest BCUT2D eigenvalue weighted by Crippen LogP contribution is 2.47. The average molecular weight is 308 g/mol. The van der Waals surface area contributed by atoms with Gasteiger partial charge in [-0.25, -0.2) is 0 Å². The third kappa shape index (κ3) is 2.90. The van der Waals surface area contributed by atoms with Gasteiger partial charge in [-0.05, 0) is 30.5 Å². The molecule has 0 heterocycles. The normalized spacial score (nSPS) is 17.0. The van der Waals surface area contributed by atoms with E-state index >= 15 is 0 Å². The van der Waals surface area contributed by atoms with Crippen LogP contribution in [0.4, 0.5) is 0 Å². The van der Waals surface area contributed by atoms with Crippen molar-refractivity contribution in [3.63, 3.8) is 0 Å². The van der Waals surface area contributed by atoms with Crippen molar-refractivity contribution in [3.8, 4) is 11.5 Å². The quantitative estimate of drug-likeness (QED) is 0.874. The van der Waals surface area contributed by atoms with Crippen LogP contribution in [-0.4, -0.2) is 32.4 Å². The van der Waals surface area contributed by atoms with Gasteiger partial charge in [0.05, 0.1) is 26.2 Å². The van der Waals surface area contributed by atoms with Crippen molar-refractivity contribution in [2.75, 3.05) is 21.3 Å². The minimum atomic E-state index is -0.902. The van der Waals surface area contributed by atoms with Crippen molar-refractivity contribution in [2.45, 2.75) is 44.1 Å². The van der Waals surface area contributed by atoms with Crippen molar-refractivity contribution in [1.29, 1.82) is 0 Å². The second-order valence-corrected chi connectivity index (χ2v) is 5.76. The summed E-state index contributed by atoms with van der Waals surface area (Å²) < 4.78 is 16.1. The number of hydrogen-bond donors (Lipinski definition) is 1. The maximum Gasteiger partial charge on any atom is 0.314 e. The Balaban J connectivity index is 2.63. The topological polar surface area (TPSA) is 65.0 Å². The lowest BCUT2D eigenvalue weighted by molar-refractivity contribution is -0.145. The number of carbonyl (C=O) groups is 1. The van der Waals surface area contributed by atoms with Crippen LogP contribution in [0.1, 0.15) is 43.2 Å². The number of carboxylic acid groups (broad SMARTS) is 1. The Morgan fingerprint density at radius 1 is 1.14 bits per heavy atom. The summed E-state index contributed by atoms with van der Waals surface area (Å²) in [6.45, 7) is 0.406. The van der Waals surface area contributed by atoms with Crippen LogP contribution >= 0.6 is 0 Å². The van der Waals surface area contributed by atoms with E-state index in [0.29, 0.717) is 36.5 Å². The van der Waals surface area contributed by atoms with Gasteiger partial charge in [0.15, 0.2) is 11.5 Å². The van der Waals surface area contributed by atoms with Crippen LogP contribution < -0.4 is 9.47 Å². The highest BCUT2D eigenvalue weighted by Gasteiger charge is 2.44. The van der Waals surface area contributed by atoms with Gasteiger partial charge in [0.1, 0.15) is 0 Å². The van der Waals surface area contributed by atoms with Gasteiger partial charge in [-0.3, -0.25) is 4.79 Å². The molecule has 1 saturated carbocycles. The molecule has 5 nitrogen and oxygen atoms in total. The van der Waals surface area contributed by atoms with Crippen LogP contribution in [0.5, 0.6) is 11.5 Å². The molecule has 0 spiro atoms. The number of rotatable bonds is 6. The lowest BCUT2D eigenvalue weighted by Gasteiger charge is -2.35. The molecule has 1 fully saturated rings. The number of hydrogen-bond acceptors (Lipinski definition) is 4. The standard InChI is InChI=1S/C17H24O5/c1-20-11-12-9-13(15(22-3)14(10-12)21-2)17(16(18)19)7-5-4-6-8-17/h9-10H,4-8,11H2,1-3H3,(H,18,19). The van der Waals surface area contributed by atoms with E-state index in [1.54, 1.807) is 21.3 Å². The van der Waals surface area contributed by atoms with Crippen LogP contribution in [0.15, 0.2) is 12.1 Å². The van der Waals surface area contributed by atoms with Crippen LogP contribution in [0.3, 0.4) is 0 Å². The van der Waals surface area contributed by atoms with Gasteiger partial charge in [-0.15, -0.1) is 0 Å². The molecule has 5 heteroatoms. The van der Waals surface area contributed by atoms with Gasteiger partial charge in [0.25, 0.3) is 0 Å². The van der Waals surface area contributed by atoms with Crippen molar-refractivity contribution in [2.24, 2.45) is 0 Å². The Morgan fingerprint density at radius 3 is 2.32 bits per heavy atom. The summed E-state index contributed by atoms with van der Waals surface area (Å²) in [6, 6.07) is 3.73. The number of methoxy groups -OCH3 is 3. The fourth-order valence-corrected chi connectivity index (χ4v) is 3.38. The predicted molar refractivity (Wildman–Crippen MR) is 82.7 cm³/mol. The molecule has 0 aromatic heterocycles. The van der Waals surface area contributed by atoms with E-state index in [9.17, 15) is 9.90 Å². The molecule has 122 valence electrons. The molecule has 22 heavy (non-hydrogen) atoms. The SMILES string of the molecule is COCc1cc(OC)c(OC)c(C2(C(=O)O)CCCCC2)c1. The first-order valence-electron chi connectivity index (χ1n) is 7.56. The van der Waals surface area contributed by atoms with E-state index < -0.39 is 11.4 Å². The number of ether oxygens (including phenoxy) is 3. The van der Waals surface area contributed by atoms with E-state index in [1.807, 2.05) is 12.1 Å². The molecule has 1 aliphatic rings. The first kappa shape index (κ1) is 16.6. The summed E-state index contributed by atoms with van der Waals surface area (Å²) in [5.74, 6) is 0.284. The van der Waals surface area contributed by atoms with Gasteiger partial charge in [-0.1, -0.05) is 19.3 Å². The third-order valence-electron chi connectivity index (χ3n) is 4.48. The minimum absolute atomic E-state index is 0.406. The molecule has 0 amide bonds. The van der Waals surface area contributed by atoms with Gasteiger partial charge in [0.2, 0.25) is 0 Å². The van der Waals surface area contributed by atoms with Gasteiger partial charge in [-0.2, -0.15) is 0 Å². The molecule has 0 aliphatic heterocycles. The largest absolute Gasteiger partial charge is 0.493 e. The number of carboxylic acids is 1. The van der Waals surface area contributed by atoms with Crippen molar-refractivity contribution in [1.82, 2.24) is 0 Å². The highest BCUT2D eigenvalue weighted by atomic mass is 16.5. The third-order valence-corrected chi connectivity index (χ3v) is 4.48. The first-order chi connectivity index (χ1) is 10.6. The maximum atomic E-state index is 12.1. The van der Waals surface area contributed by atoms with Crippen LogP contribution in [0.25, 0.3) is 0 Å². The van der Waals surface area contributed by atoms with Crippen LogP contribution in [0.2, 0.25) is 0 Å². The van der Waals surface area contributed by atoms with Crippen molar-refractivity contribution < 1.29 is 24.1 Å². The fourth-order valence-electron chi connectivity index (χ4n) is 3.38. The predicted octanol–water partition coefficient (Wildman–Crippen LogP) is 3.14. The van der Waals surface area contributed by atoms with Gasteiger partial charge >= 0.3 is 5.97 Å². The van der Waals surface area contributed by atoms with E-state index in [4.69, 9.17) is 14.2 Å². The molecule has 1 aromatic rings. The summed E-state index contributed by atoms with van der Waals surface area (Å²) in [4.78, 5) is 12.1. The summed E-state index contributed by atoms with van der Waals surface area (Å²) >= 11 is 0. The molecule has 0 radical (unpaired) electrons. The Labute approximate surface area is 131 Å². The van der Waals surface area contributed by atoms with Crippen molar-refractivity contribution >= 4 is 5.97 Å². The monoisotopic (exact) mass is 308 g/mol. The Bertz CT molecular complexity index is 532. The molecule has 2 rings (SSSR count). The number of aliphatic carboxylic acids is 1. The first-order valence-corrected chi connectivity index (χ1v) is 7.56. The molecule has 0 saturated heterocycles. The molecule has 0 bridgehead atoms. The number of benzene rings is 1. The highest BCUT2D eigenvalue weighted by molar-refractivity contribution is 5.83. The second-order valence-electron chi connectivity index (χ2n) is 5.76. The average Bonchev–Trinajstić information content (AvgIpc) is 2.54. The fraction of sp³-hybridized carbons (Fsp3) is 0.588. The molecule has 1 N–H and O–H groups in total. The molecule has 1 aromatic carbocycles. The zero-order valence-corrected chi connectivity index (χ0v) is 13.5.